The number of aromatic hydroxyl groups is 1. The SMILES string of the molecule is C=CC(=O)N1CC(C)N2c3nc(=O)n(-c4c(C)ccnc4C(C)C)c4c(Cl)c(-c5c(O)cccc5F)c(F)c(c34)OCC2C1. The summed E-state index contributed by atoms with van der Waals surface area (Å²) < 4.78 is 39.5. The number of halogens is 3. The van der Waals surface area contributed by atoms with Crippen LogP contribution >= 0.6 is 11.6 Å². The number of hydrogen-bond acceptors (Lipinski definition) is 7. The molecule has 0 radical (unpaired) electrons. The lowest BCUT2D eigenvalue weighted by Gasteiger charge is -2.45. The highest BCUT2D eigenvalue weighted by Crippen LogP contribution is 2.50. The molecular formula is C32H30ClF2N5O4. The minimum atomic E-state index is -1.02. The van der Waals surface area contributed by atoms with Crippen LogP contribution in [0.4, 0.5) is 14.6 Å². The molecule has 2 aromatic carbocycles. The van der Waals surface area contributed by atoms with Gasteiger partial charge in [0.15, 0.2) is 11.6 Å². The number of carbonyl (C=O) groups is 1. The highest BCUT2D eigenvalue weighted by atomic mass is 35.5. The van der Waals surface area contributed by atoms with E-state index in [2.05, 4.69) is 16.5 Å². The van der Waals surface area contributed by atoms with E-state index in [1.165, 1.54) is 22.8 Å². The molecule has 4 heterocycles. The Hall–Kier alpha value is -4.51. The molecule has 1 saturated heterocycles. The van der Waals surface area contributed by atoms with Crippen LogP contribution in [-0.4, -0.2) is 62.2 Å². The van der Waals surface area contributed by atoms with Crippen molar-refractivity contribution < 1.29 is 23.4 Å². The van der Waals surface area contributed by atoms with Crippen LogP contribution in [0.15, 0.2) is 47.9 Å². The topological polar surface area (TPSA) is 101 Å². The molecule has 0 aliphatic carbocycles. The van der Waals surface area contributed by atoms with Crippen molar-refractivity contribution in [2.45, 2.75) is 45.7 Å². The fraction of sp³-hybridized carbons (Fsp3) is 0.312. The van der Waals surface area contributed by atoms with Crippen molar-refractivity contribution in [2.75, 3.05) is 24.6 Å². The van der Waals surface area contributed by atoms with E-state index in [4.69, 9.17) is 16.3 Å². The first-order valence-electron chi connectivity index (χ1n) is 14.2. The molecule has 12 heteroatoms. The smallest absolute Gasteiger partial charge is 0.354 e. The lowest BCUT2D eigenvalue weighted by molar-refractivity contribution is -0.127. The largest absolute Gasteiger partial charge is 0.507 e. The van der Waals surface area contributed by atoms with E-state index >= 15 is 8.78 Å². The standard InChI is InChI=1S/C32H30ClF2N5O4/c1-6-21(42)38-12-17(5)39-18(13-38)14-44-30-24-29(25(33)23(26(30)35)22-19(34)8-7-9-20(22)41)40(32(43)37-31(24)39)28-16(4)10-11-36-27(28)15(2)3/h6-11,15,17-18,41H,1,12-14H2,2-5H3. The summed E-state index contributed by atoms with van der Waals surface area (Å²) in [5, 5.41) is 10.5. The van der Waals surface area contributed by atoms with Crippen LogP contribution in [0.1, 0.15) is 37.9 Å². The molecule has 228 valence electrons. The van der Waals surface area contributed by atoms with Crippen LogP contribution in [-0.2, 0) is 4.79 Å². The molecule has 0 saturated carbocycles. The van der Waals surface area contributed by atoms with E-state index in [0.717, 1.165) is 6.07 Å². The third-order valence-corrected chi connectivity index (χ3v) is 8.62. The van der Waals surface area contributed by atoms with E-state index in [1.54, 1.807) is 24.1 Å². The Kier molecular flexibility index (Phi) is 7.31. The van der Waals surface area contributed by atoms with Crippen molar-refractivity contribution in [3.63, 3.8) is 0 Å². The number of benzene rings is 2. The first-order chi connectivity index (χ1) is 21.0. The number of pyridine rings is 1. The lowest BCUT2D eigenvalue weighted by Crippen LogP contribution is -2.61. The number of phenolic OH excluding ortho intramolecular Hbond substituents is 1. The van der Waals surface area contributed by atoms with Gasteiger partial charge >= 0.3 is 5.69 Å². The number of phenols is 1. The summed E-state index contributed by atoms with van der Waals surface area (Å²) in [7, 11) is 0. The number of nitrogens with zero attached hydrogens (tertiary/aromatic N) is 5. The average Bonchev–Trinajstić information content (AvgIpc) is 3.14. The highest BCUT2D eigenvalue weighted by molar-refractivity contribution is 6.39. The van der Waals surface area contributed by atoms with Gasteiger partial charge in [-0.3, -0.25) is 14.3 Å². The first kappa shape index (κ1) is 29.6. The van der Waals surface area contributed by atoms with Gasteiger partial charge in [0, 0.05) is 30.9 Å². The number of carbonyl (C=O) groups excluding carboxylic acids is 1. The quantitative estimate of drug-likeness (QED) is 0.300. The number of aryl methyl sites for hydroxylation is 1. The van der Waals surface area contributed by atoms with Crippen LogP contribution < -0.4 is 15.3 Å². The van der Waals surface area contributed by atoms with Gasteiger partial charge in [0.05, 0.1) is 38.9 Å². The zero-order chi connectivity index (χ0) is 31.6. The average molecular weight is 622 g/mol. The van der Waals surface area contributed by atoms with E-state index in [1.807, 2.05) is 25.7 Å². The number of amides is 1. The summed E-state index contributed by atoms with van der Waals surface area (Å²) in [6.07, 6.45) is 2.85. The van der Waals surface area contributed by atoms with Crippen LogP contribution in [0.3, 0.4) is 0 Å². The number of aromatic nitrogens is 3. The first-order valence-corrected chi connectivity index (χ1v) is 14.6. The van der Waals surface area contributed by atoms with Gasteiger partial charge in [-0.05, 0) is 49.6 Å². The third kappa shape index (κ3) is 4.40. The Morgan fingerprint density at radius 1 is 1.23 bits per heavy atom. The maximum Gasteiger partial charge on any atom is 0.354 e. The second-order valence-corrected chi connectivity index (χ2v) is 11.8. The molecule has 0 bridgehead atoms. The van der Waals surface area contributed by atoms with Gasteiger partial charge in [0.25, 0.3) is 0 Å². The summed E-state index contributed by atoms with van der Waals surface area (Å²) in [6, 6.07) is 4.44. The summed E-state index contributed by atoms with van der Waals surface area (Å²) >= 11 is 7.05. The zero-order valence-electron chi connectivity index (χ0n) is 24.6. The number of anilines is 1. The molecule has 4 aromatic rings. The summed E-state index contributed by atoms with van der Waals surface area (Å²) in [5.74, 6) is -3.05. The second kappa shape index (κ2) is 10.9. The lowest BCUT2D eigenvalue weighted by atomic mass is 9.98. The van der Waals surface area contributed by atoms with Gasteiger partial charge in [-0.2, -0.15) is 4.98 Å². The van der Waals surface area contributed by atoms with Crippen molar-refractivity contribution >= 4 is 34.2 Å². The molecule has 1 fully saturated rings. The molecule has 1 amide bonds. The number of fused-ring (bicyclic) bond motifs is 2. The summed E-state index contributed by atoms with van der Waals surface area (Å²) in [4.78, 5) is 39.3. The van der Waals surface area contributed by atoms with E-state index < -0.39 is 40.2 Å². The molecule has 2 atom stereocenters. The van der Waals surface area contributed by atoms with Crippen LogP contribution in [0.25, 0.3) is 27.7 Å². The molecule has 44 heavy (non-hydrogen) atoms. The van der Waals surface area contributed by atoms with E-state index in [0.29, 0.717) is 23.5 Å². The minimum absolute atomic E-state index is 0.0335. The van der Waals surface area contributed by atoms with Crippen molar-refractivity contribution in [2.24, 2.45) is 0 Å². The molecular weight excluding hydrogens is 592 g/mol. The van der Waals surface area contributed by atoms with Crippen LogP contribution in [0, 0.1) is 18.6 Å². The van der Waals surface area contributed by atoms with Crippen molar-refractivity contribution in [1.82, 2.24) is 19.4 Å². The van der Waals surface area contributed by atoms with Crippen molar-refractivity contribution in [3.8, 4) is 28.3 Å². The van der Waals surface area contributed by atoms with Gasteiger partial charge in [0.2, 0.25) is 5.91 Å². The Labute approximate surface area is 257 Å². The Balaban J connectivity index is 1.78. The number of ether oxygens (including phenoxy) is 1. The van der Waals surface area contributed by atoms with Crippen molar-refractivity contribution in [3.05, 3.63) is 81.5 Å². The van der Waals surface area contributed by atoms with Crippen LogP contribution in [0.5, 0.6) is 11.5 Å². The summed E-state index contributed by atoms with van der Waals surface area (Å²) in [5.41, 5.74) is 0.0387. The van der Waals surface area contributed by atoms with Gasteiger partial charge in [-0.15, -0.1) is 0 Å². The van der Waals surface area contributed by atoms with Crippen molar-refractivity contribution in [1.29, 1.82) is 0 Å². The Morgan fingerprint density at radius 2 is 1.98 bits per heavy atom. The fourth-order valence-electron chi connectivity index (χ4n) is 6.35. The summed E-state index contributed by atoms with van der Waals surface area (Å²) in [6.45, 7) is 11.5. The third-order valence-electron chi connectivity index (χ3n) is 8.25. The predicted molar refractivity (Wildman–Crippen MR) is 164 cm³/mol. The fourth-order valence-corrected chi connectivity index (χ4v) is 6.70. The van der Waals surface area contributed by atoms with Gasteiger partial charge in [0.1, 0.15) is 24.0 Å². The molecule has 0 spiro atoms. The van der Waals surface area contributed by atoms with Gasteiger partial charge in [-0.1, -0.05) is 38.1 Å². The monoisotopic (exact) mass is 621 g/mol. The molecule has 1 N–H and O–H groups in total. The minimum Gasteiger partial charge on any atom is -0.507 e. The predicted octanol–water partition coefficient (Wildman–Crippen LogP) is 5.50. The molecule has 2 unspecified atom stereocenters. The molecule has 6 rings (SSSR count). The second-order valence-electron chi connectivity index (χ2n) is 11.4. The number of hydrogen-bond donors (Lipinski definition) is 1. The molecule has 9 nitrogen and oxygen atoms in total. The Bertz CT molecular complexity index is 1910. The number of rotatable bonds is 4. The Morgan fingerprint density at radius 3 is 2.66 bits per heavy atom. The molecule has 2 aliphatic heterocycles. The van der Waals surface area contributed by atoms with E-state index in [-0.39, 0.29) is 58.5 Å². The molecule has 2 aromatic heterocycles. The maximum absolute atomic E-state index is 16.7. The number of piperazine rings is 1. The normalized spacial score (nSPS) is 17.8. The van der Waals surface area contributed by atoms with Crippen LogP contribution in [0.2, 0.25) is 5.02 Å². The maximum atomic E-state index is 16.7. The zero-order valence-corrected chi connectivity index (χ0v) is 25.3. The molecule has 2 aliphatic rings. The van der Waals surface area contributed by atoms with Gasteiger partial charge < -0.3 is 19.6 Å². The highest BCUT2D eigenvalue weighted by Gasteiger charge is 2.41. The van der Waals surface area contributed by atoms with E-state index in [9.17, 15) is 14.7 Å². The van der Waals surface area contributed by atoms with Gasteiger partial charge in [-0.25, -0.2) is 13.6 Å².